The van der Waals surface area contributed by atoms with Crippen LogP contribution in [0, 0.1) is 17.2 Å². The highest BCUT2D eigenvalue weighted by Gasteiger charge is 2.23. The van der Waals surface area contributed by atoms with Gasteiger partial charge in [-0.3, -0.25) is 4.79 Å². The molecule has 0 radical (unpaired) electrons. The topological polar surface area (TPSA) is 53.0 Å². The third-order valence-electron chi connectivity index (χ3n) is 2.55. The molecule has 0 spiro atoms. The molecule has 1 rings (SSSR count). The summed E-state index contributed by atoms with van der Waals surface area (Å²) in [7, 11) is 0. The van der Waals surface area contributed by atoms with Gasteiger partial charge in [0, 0.05) is 18.2 Å². The van der Waals surface area contributed by atoms with Crippen LogP contribution in [0.4, 0.5) is 0 Å². The molecule has 0 aromatic carbocycles. The molecule has 1 fully saturated rings. The number of carbonyl (C=O) groups excluding carboxylic acids is 1. The van der Waals surface area contributed by atoms with Crippen molar-refractivity contribution < 1.29 is 4.79 Å². The van der Waals surface area contributed by atoms with E-state index in [1.165, 1.54) is 0 Å². The molecule has 1 saturated heterocycles. The van der Waals surface area contributed by atoms with E-state index in [1.807, 2.05) is 0 Å². The minimum Gasteiger partial charge on any atom is -0.356 e. The van der Waals surface area contributed by atoms with Gasteiger partial charge in [0.2, 0.25) is 5.91 Å². The third-order valence-corrected chi connectivity index (χ3v) is 2.55. The van der Waals surface area contributed by atoms with Gasteiger partial charge in [-0.25, -0.2) is 0 Å². The average molecular weight is 196 g/mol. The van der Waals surface area contributed by atoms with E-state index in [9.17, 15) is 4.79 Å². The molecule has 1 aliphatic heterocycles. The van der Waals surface area contributed by atoms with Crippen LogP contribution in [0.15, 0.2) is 0 Å². The Balaban J connectivity index is 2.34. The first-order chi connectivity index (χ1) is 6.59. The van der Waals surface area contributed by atoms with Crippen molar-refractivity contribution in [3.8, 4) is 0 Å². The molecule has 3 nitrogen and oxygen atoms in total. The Labute approximate surface area is 85.8 Å². The van der Waals surface area contributed by atoms with Gasteiger partial charge >= 0.3 is 0 Å². The van der Waals surface area contributed by atoms with Gasteiger partial charge in [-0.2, -0.15) is 0 Å². The molecule has 1 amide bonds. The largest absolute Gasteiger partial charge is 0.356 e. The van der Waals surface area contributed by atoms with Crippen molar-refractivity contribution in [2.75, 3.05) is 6.54 Å². The van der Waals surface area contributed by atoms with Gasteiger partial charge in [0.05, 0.1) is 0 Å². The van der Waals surface area contributed by atoms with Gasteiger partial charge in [0.1, 0.15) is 0 Å². The minimum absolute atomic E-state index is 0.0648. The molecule has 1 aliphatic rings. The summed E-state index contributed by atoms with van der Waals surface area (Å²) in [6.45, 7) is 5.03. The normalized spacial score (nSPS) is 22.2. The maximum Gasteiger partial charge on any atom is 0.223 e. The Morgan fingerprint density at radius 3 is 2.93 bits per heavy atom. The number of carbonyl (C=O) groups is 1. The third kappa shape index (κ3) is 3.48. The van der Waals surface area contributed by atoms with Gasteiger partial charge in [-0.05, 0) is 31.6 Å². The molecule has 2 N–H and O–H groups in total. The van der Waals surface area contributed by atoms with Crippen LogP contribution >= 0.6 is 0 Å². The Hall–Kier alpha value is -0.860. The van der Waals surface area contributed by atoms with Crippen LogP contribution in [-0.4, -0.2) is 18.2 Å². The van der Waals surface area contributed by atoms with E-state index in [1.54, 1.807) is 0 Å². The molecule has 1 heterocycles. The standard InChI is InChI=1S/C11H20N2O/c1-8(2)6-10(12)7-9-4-3-5-13-11(9)14/h8-9,12H,3-7H2,1-2H3,(H,13,14). The van der Waals surface area contributed by atoms with Gasteiger partial charge < -0.3 is 10.7 Å². The van der Waals surface area contributed by atoms with Crippen LogP contribution in [-0.2, 0) is 4.79 Å². The maximum absolute atomic E-state index is 11.4. The molecule has 1 unspecified atom stereocenters. The van der Waals surface area contributed by atoms with Crippen molar-refractivity contribution in [3.63, 3.8) is 0 Å². The quantitative estimate of drug-likeness (QED) is 0.664. The predicted molar refractivity (Wildman–Crippen MR) is 57.5 cm³/mol. The lowest BCUT2D eigenvalue weighted by Crippen LogP contribution is -2.37. The van der Waals surface area contributed by atoms with Gasteiger partial charge in [-0.15, -0.1) is 0 Å². The average Bonchev–Trinajstić information content (AvgIpc) is 2.07. The second kappa shape index (κ2) is 5.13. The van der Waals surface area contributed by atoms with Crippen LogP contribution in [0.25, 0.3) is 0 Å². The van der Waals surface area contributed by atoms with E-state index in [-0.39, 0.29) is 11.8 Å². The number of amides is 1. The van der Waals surface area contributed by atoms with Crippen molar-refractivity contribution in [2.45, 2.75) is 39.5 Å². The second-order valence-electron chi connectivity index (χ2n) is 4.54. The van der Waals surface area contributed by atoms with Crippen molar-refractivity contribution >= 4 is 11.6 Å². The number of piperidine rings is 1. The Bertz CT molecular complexity index is 223. The van der Waals surface area contributed by atoms with E-state index in [0.29, 0.717) is 12.3 Å². The molecule has 0 aliphatic carbocycles. The summed E-state index contributed by atoms with van der Waals surface area (Å²) in [5.74, 6) is 0.730. The molecule has 1 atom stereocenters. The second-order valence-corrected chi connectivity index (χ2v) is 4.54. The summed E-state index contributed by atoms with van der Waals surface area (Å²) < 4.78 is 0. The van der Waals surface area contributed by atoms with Crippen LogP contribution < -0.4 is 5.32 Å². The lowest BCUT2D eigenvalue weighted by Gasteiger charge is -2.22. The molecule has 14 heavy (non-hydrogen) atoms. The first kappa shape index (κ1) is 11.2. The van der Waals surface area contributed by atoms with Crippen LogP contribution in [0.1, 0.15) is 39.5 Å². The van der Waals surface area contributed by atoms with Gasteiger partial charge in [-0.1, -0.05) is 13.8 Å². The van der Waals surface area contributed by atoms with E-state index in [2.05, 4.69) is 19.2 Å². The first-order valence-corrected chi connectivity index (χ1v) is 5.43. The Morgan fingerprint density at radius 1 is 1.64 bits per heavy atom. The number of nitrogens with one attached hydrogen (secondary N) is 2. The highest BCUT2D eigenvalue weighted by molar-refractivity contribution is 5.88. The number of hydrogen-bond acceptors (Lipinski definition) is 2. The summed E-state index contributed by atoms with van der Waals surface area (Å²) in [5.41, 5.74) is 0.724. The zero-order valence-corrected chi connectivity index (χ0v) is 9.10. The van der Waals surface area contributed by atoms with E-state index in [0.717, 1.165) is 31.5 Å². The van der Waals surface area contributed by atoms with E-state index < -0.39 is 0 Å². The zero-order chi connectivity index (χ0) is 10.6. The first-order valence-electron chi connectivity index (χ1n) is 5.43. The van der Waals surface area contributed by atoms with Crippen molar-refractivity contribution in [1.82, 2.24) is 5.32 Å². The Morgan fingerprint density at radius 2 is 2.36 bits per heavy atom. The fraction of sp³-hybridized carbons (Fsp3) is 0.818. The summed E-state index contributed by atoms with van der Waals surface area (Å²) in [6, 6.07) is 0. The Kier molecular flexibility index (Phi) is 4.11. The monoisotopic (exact) mass is 196 g/mol. The number of hydrogen-bond donors (Lipinski definition) is 2. The highest BCUT2D eigenvalue weighted by Crippen LogP contribution is 2.17. The van der Waals surface area contributed by atoms with Gasteiger partial charge in [0.15, 0.2) is 0 Å². The fourth-order valence-electron chi connectivity index (χ4n) is 1.90. The summed E-state index contributed by atoms with van der Waals surface area (Å²) >= 11 is 0. The SMILES string of the molecule is CC(C)CC(=N)CC1CCCNC1=O. The van der Waals surface area contributed by atoms with Crippen LogP contribution in [0.2, 0.25) is 0 Å². The molecular formula is C11H20N2O. The lowest BCUT2D eigenvalue weighted by molar-refractivity contribution is -0.126. The molecule has 0 aromatic heterocycles. The molecule has 0 bridgehead atoms. The maximum atomic E-state index is 11.4. The van der Waals surface area contributed by atoms with Crippen LogP contribution in [0.5, 0.6) is 0 Å². The fourth-order valence-corrected chi connectivity index (χ4v) is 1.90. The van der Waals surface area contributed by atoms with E-state index >= 15 is 0 Å². The lowest BCUT2D eigenvalue weighted by atomic mass is 9.90. The van der Waals surface area contributed by atoms with Crippen LogP contribution in [0.3, 0.4) is 0 Å². The summed E-state index contributed by atoms with van der Waals surface area (Å²) in [4.78, 5) is 11.4. The molecular weight excluding hydrogens is 176 g/mol. The smallest absolute Gasteiger partial charge is 0.223 e. The van der Waals surface area contributed by atoms with E-state index in [4.69, 9.17) is 5.41 Å². The van der Waals surface area contributed by atoms with Crippen molar-refractivity contribution in [3.05, 3.63) is 0 Å². The van der Waals surface area contributed by atoms with Gasteiger partial charge in [0.25, 0.3) is 0 Å². The predicted octanol–water partition coefficient (Wildman–Crippen LogP) is 1.97. The molecule has 0 saturated carbocycles. The summed E-state index contributed by atoms with van der Waals surface area (Å²) in [5, 5.41) is 10.6. The molecule has 3 heteroatoms. The highest BCUT2D eigenvalue weighted by atomic mass is 16.1. The number of rotatable bonds is 4. The molecule has 0 aromatic rings. The van der Waals surface area contributed by atoms with Crippen molar-refractivity contribution in [1.29, 1.82) is 5.41 Å². The van der Waals surface area contributed by atoms with Crippen molar-refractivity contribution in [2.24, 2.45) is 11.8 Å². The minimum atomic E-state index is 0.0648. The summed E-state index contributed by atoms with van der Waals surface area (Å²) in [6.07, 6.45) is 3.49. The molecule has 80 valence electrons. The zero-order valence-electron chi connectivity index (χ0n) is 9.10.